The second-order valence-electron chi connectivity index (χ2n) is 3.61. The Kier molecular flexibility index (Phi) is 4.80. The number of anilines is 1. The van der Waals surface area contributed by atoms with Crippen LogP contribution in [-0.4, -0.2) is 21.3 Å². The Hall–Kier alpha value is -1.47. The number of aliphatic hydroxyl groups excluding tert-OH is 1. The second-order valence-corrected chi connectivity index (χ2v) is 4.99. The van der Waals surface area contributed by atoms with Gasteiger partial charge in [0.05, 0.1) is 6.61 Å². The summed E-state index contributed by atoms with van der Waals surface area (Å²) in [6.07, 6.45) is 2.42. The van der Waals surface area contributed by atoms with Gasteiger partial charge in [0.1, 0.15) is 5.82 Å². The molecular formula is C9H12N3O5P-2. The van der Waals surface area contributed by atoms with E-state index in [1.165, 1.54) is 12.3 Å². The zero-order chi connectivity index (χ0) is 13.8. The average molecular weight is 273 g/mol. The highest BCUT2D eigenvalue weighted by molar-refractivity contribution is 7.52. The van der Waals surface area contributed by atoms with Crippen molar-refractivity contribution >= 4 is 13.4 Å². The maximum absolute atomic E-state index is 11.4. The quantitative estimate of drug-likeness (QED) is 0.582. The Labute approximate surface area is 103 Å². The molecule has 0 bridgehead atoms. The Morgan fingerprint density at radius 2 is 2.28 bits per heavy atom. The van der Waals surface area contributed by atoms with Crippen molar-refractivity contribution in [2.24, 2.45) is 5.92 Å². The van der Waals surface area contributed by atoms with Crippen LogP contribution in [0, 0.1) is 5.92 Å². The number of hydrogen-bond acceptors (Lipinski definition) is 7. The molecule has 0 fully saturated rings. The van der Waals surface area contributed by atoms with Crippen molar-refractivity contribution in [3.63, 3.8) is 0 Å². The third-order valence-corrected chi connectivity index (χ3v) is 2.64. The Bertz CT molecular complexity index is 535. The molecular weight excluding hydrogens is 261 g/mol. The lowest BCUT2D eigenvalue weighted by atomic mass is 10.1. The van der Waals surface area contributed by atoms with Crippen molar-refractivity contribution in [2.45, 2.75) is 6.54 Å². The number of aliphatic hydroxyl groups is 1. The Morgan fingerprint density at radius 1 is 1.61 bits per heavy atom. The average Bonchev–Trinajstić information content (AvgIpc) is 2.25. The van der Waals surface area contributed by atoms with Gasteiger partial charge in [-0.2, -0.15) is 4.98 Å². The van der Waals surface area contributed by atoms with Gasteiger partial charge >= 0.3 is 5.69 Å². The fraction of sp³-hybridized carbons (Fsp3) is 0.333. The second kappa shape index (κ2) is 5.92. The van der Waals surface area contributed by atoms with Crippen molar-refractivity contribution in [3.05, 3.63) is 34.6 Å². The highest BCUT2D eigenvalue weighted by atomic mass is 31.2. The molecule has 0 radical (unpaired) electrons. The summed E-state index contributed by atoms with van der Waals surface area (Å²) in [6, 6.07) is 1.39. The van der Waals surface area contributed by atoms with Gasteiger partial charge in [-0.3, -0.25) is 4.57 Å². The minimum Gasteiger partial charge on any atom is -0.808 e. The summed E-state index contributed by atoms with van der Waals surface area (Å²) in [4.78, 5) is 35.7. The number of hydrogen-bond donors (Lipinski definition) is 2. The molecule has 100 valence electrons. The molecule has 1 heterocycles. The molecule has 1 aromatic rings. The van der Waals surface area contributed by atoms with E-state index >= 15 is 0 Å². The van der Waals surface area contributed by atoms with Gasteiger partial charge in [0.2, 0.25) is 0 Å². The van der Waals surface area contributed by atoms with E-state index < -0.39 is 25.8 Å². The van der Waals surface area contributed by atoms with Gasteiger partial charge in [-0.25, -0.2) is 4.79 Å². The molecule has 0 spiro atoms. The van der Waals surface area contributed by atoms with Crippen LogP contribution in [-0.2, 0) is 11.1 Å². The van der Waals surface area contributed by atoms with E-state index in [1.807, 2.05) is 0 Å². The maximum atomic E-state index is 11.4. The van der Waals surface area contributed by atoms with Gasteiger partial charge in [0, 0.05) is 18.7 Å². The third kappa shape index (κ3) is 4.80. The predicted octanol–water partition coefficient (Wildman–Crippen LogP) is -2.14. The lowest BCUT2D eigenvalue weighted by Crippen LogP contribution is -2.27. The third-order valence-electron chi connectivity index (χ3n) is 2.10. The molecule has 18 heavy (non-hydrogen) atoms. The van der Waals surface area contributed by atoms with Crippen molar-refractivity contribution < 1.29 is 19.5 Å². The van der Waals surface area contributed by atoms with E-state index in [1.54, 1.807) is 0 Å². The number of nitrogens with two attached hydrogens (primary N) is 1. The van der Waals surface area contributed by atoms with E-state index in [4.69, 9.17) is 10.8 Å². The zero-order valence-electron chi connectivity index (χ0n) is 9.30. The van der Waals surface area contributed by atoms with Gasteiger partial charge in [-0.15, -0.1) is 0 Å². The summed E-state index contributed by atoms with van der Waals surface area (Å²) in [5.41, 5.74) is 4.68. The first-order valence-electron chi connectivity index (χ1n) is 4.97. The molecule has 1 atom stereocenters. The first-order valence-corrected chi connectivity index (χ1v) is 6.58. The summed E-state index contributed by atoms with van der Waals surface area (Å²) >= 11 is 0. The van der Waals surface area contributed by atoms with Gasteiger partial charge in [-0.05, 0) is 13.7 Å². The van der Waals surface area contributed by atoms with Crippen LogP contribution < -0.4 is 21.2 Å². The van der Waals surface area contributed by atoms with Crippen LogP contribution in [0.3, 0.4) is 0 Å². The summed E-state index contributed by atoms with van der Waals surface area (Å²) in [7, 11) is -4.77. The van der Waals surface area contributed by atoms with E-state index in [-0.39, 0.29) is 12.4 Å². The lowest BCUT2D eigenvalue weighted by Gasteiger charge is -2.25. The number of nitrogens with zero attached hydrogens (tertiary/aromatic N) is 2. The van der Waals surface area contributed by atoms with Crippen LogP contribution in [0.1, 0.15) is 0 Å². The predicted molar refractivity (Wildman–Crippen MR) is 60.2 cm³/mol. The van der Waals surface area contributed by atoms with Gasteiger partial charge in [0.15, 0.2) is 0 Å². The van der Waals surface area contributed by atoms with Crippen molar-refractivity contribution in [1.82, 2.24) is 9.55 Å². The van der Waals surface area contributed by atoms with E-state index in [0.29, 0.717) is 5.82 Å². The molecule has 0 aromatic carbocycles. The lowest BCUT2D eigenvalue weighted by molar-refractivity contribution is -0.308. The first kappa shape index (κ1) is 14.6. The van der Waals surface area contributed by atoms with Gasteiger partial charge < -0.3 is 25.2 Å². The topological polar surface area (TPSA) is 144 Å². The molecule has 0 aliphatic heterocycles. The first-order chi connectivity index (χ1) is 8.31. The smallest absolute Gasteiger partial charge is 0.349 e. The van der Waals surface area contributed by atoms with E-state index in [2.05, 4.69) is 4.98 Å². The largest absolute Gasteiger partial charge is 0.808 e. The summed E-state index contributed by atoms with van der Waals surface area (Å²) in [5, 5.41) is 9.02. The molecule has 1 aromatic heterocycles. The molecule has 3 N–H and O–H groups in total. The maximum Gasteiger partial charge on any atom is 0.349 e. The molecule has 0 saturated carbocycles. The van der Waals surface area contributed by atoms with Crippen LogP contribution in [0.2, 0.25) is 0 Å². The normalized spacial score (nSPS) is 13.9. The highest BCUT2D eigenvalue weighted by Gasteiger charge is 2.06. The Morgan fingerprint density at radius 3 is 2.78 bits per heavy atom. The monoisotopic (exact) mass is 273 g/mol. The molecule has 1 rings (SSSR count). The standard InChI is InChI=1S/C9H14N3O5P/c10-8-1-3-12(9(14)11-8)5-7(6-13)2-4-18(15,16)17/h1-4,7,13H,5-6H2,(H2,10,11,14)(H2,15,16,17)/p-2/b4-2+. The molecule has 1 unspecified atom stereocenters. The zero-order valence-corrected chi connectivity index (χ0v) is 10.2. The van der Waals surface area contributed by atoms with Gasteiger partial charge in [-0.1, -0.05) is 11.9 Å². The van der Waals surface area contributed by atoms with Crippen molar-refractivity contribution in [1.29, 1.82) is 0 Å². The molecule has 0 aliphatic rings. The molecule has 8 nitrogen and oxygen atoms in total. The van der Waals surface area contributed by atoms with Crippen LogP contribution in [0.5, 0.6) is 0 Å². The summed E-state index contributed by atoms with van der Waals surface area (Å²) in [6.45, 7) is -0.410. The van der Waals surface area contributed by atoms with Gasteiger partial charge in [0.25, 0.3) is 0 Å². The fourth-order valence-corrected chi connectivity index (χ4v) is 1.69. The van der Waals surface area contributed by atoms with Crippen LogP contribution in [0.15, 0.2) is 29.0 Å². The van der Waals surface area contributed by atoms with Crippen molar-refractivity contribution in [2.75, 3.05) is 12.3 Å². The Balaban J connectivity index is 2.84. The number of nitrogen functional groups attached to an aromatic ring is 1. The van der Waals surface area contributed by atoms with Crippen LogP contribution in [0.4, 0.5) is 5.82 Å². The van der Waals surface area contributed by atoms with Crippen molar-refractivity contribution in [3.8, 4) is 0 Å². The molecule has 0 aliphatic carbocycles. The van der Waals surface area contributed by atoms with E-state index in [9.17, 15) is 19.1 Å². The SMILES string of the molecule is Nc1ccn(CC(/C=C/P(=O)([O-])[O-])CO)c(=O)n1. The summed E-state index contributed by atoms with van der Waals surface area (Å²) in [5.74, 6) is -0.135. The molecule has 0 amide bonds. The number of rotatable bonds is 5. The highest BCUT2D eigenvalue weighted by Crippen LogP contribution is 2.25. The van der Waals surface area contributed by atoms with E-state index in [0.717, 1.165) is 10.6 Å². The minimum absolute atomic E-state index is 0.000880. The minimum atomic E-state index is -4.77. The fourth-order valence-electron chi connectivity index (χ4n) is 1.24. The van der Waals surface area contributed by atoms with Crippen LogP contribution >= 0.6 is 7.60 Å². The molecule has 9 heteroatoms. The van der Waals surface area contributed by atoms with Crippen LogP contribution in [0.25, 0.3) is 0 Å². The molecule has 0 saturated heterocycles. The number of aromatic nitrogens is 2. The summed E-state index contributed by atoms with van der Waals surface area (Å²) < 4.78 is 11.6.